The number of hydrazone groups is 1. The topological polar surface area (TPSA) is 45.1 Å². The predicted octanol–water partition coefficient (Wildman–Crippen LogP) is 4.99. The zero-order valence-electron chi connectivity index (χ0n) is 17.6. The Bertz CT molecular complexity index is 1210. The number of rotatable bonds is 3. The second-order valence-electron chi connectivity index (χ2n) is 8.26. The number of amidine groups is 1. The van der Waals surface area contributed by atoms with Crippen molar-refractivity contribution in [2.75, 3.05) is 11.6 Å². The van der Waals surface area contributed by atoms with E-state index in [1.807, 2.05) is 71.7 Å². The molecule has 2 atom stereocenters. The number of anilines is 1. The van der Waals surface area contributed by atoms with E-state index in [0.29, 0.717) is 5.57 Å². The predicted molar refractivity (Wildman–Crippen MR) is 125 cm³/mol. The molecule has 5 nitrogen and oxygen atoms in total. The van der Waals surface area contributed by atoms with Crippen LogP contribution in [0.4, 0.5) is 5.69 Å². The van der Waals surface area contributed by atoms with Crippen LogP contribution in [0.15, 0.2) is 102 Å². The summed E-state index contributed by atoms with van der Waals surface area (Å²) in [6.45, 7) is 0.835. The fraction of sp³-hybridized carbons (Fsp3) is 0.185. The second-order valence-corrected chi connectivity index (χ2v) is 8.26. The molecule has 5 heteroatoms. The van der Waals surface area contributed by atoms with Crippen molar-refractivity contribution in [2.24, 2.45) is 5.10 Å². The normalized spacial score (nSPS) is 22.2. The van der Waals surface area contributed by atoms with Gasteiger partial charge >= 0.3 is 5.97 Å². The van der Waals surface area contributed by atoms with E-state index >= 15 is 0 Å². The third-order valence-electron chi connectivity index (χ3n) is 6.35. The van der Waals surface area contributed by atoms with Crippen molar-refractivity contribution in [3.05, 3.63) is 108 Å². The molecular formula is C27H23N3O2. The Labute approximate surface area is 187 Å². The number of fused-ring (bicyclic) bond motifs is 3. The molecule has 3 aliphatic heterocycles. The number of ether oxygens (including phenoxy) is 1. The number of para-hydroxylation sites is 1. The van der Waals surface area contributed by atoms with Crippen molar-refractivity contribution in [3.8, 4) is 0 Å². The van der Waals surface area contributed by atoms with Gasteiger partial charge in [-0.15, -0.1) is 0 Å². The molecule has 6 rings (SSSR count). The number of carbonyl (C=O) groups is 1. The Hall–Kier alpha value is -3.86. The summed E-state index contributed by atoms with van der Waals surface area (Å²) < 4.78 is 6.17. The summed E-state index contributed by atoms with van der Waals surface area (Å²) in [6.07, 6.45) is 1.42. The molecule has 0 amide bonds. The second kappa shape index (κ2) is 7.68. The largest absolute Gasteiger partial charge is 0.450 e. The molecule has 0 bridgehead atoms. The molecule has 158 valence electrons. The lowest BCUT2D eigenvalue weighted by Gasteiger charge is -2.32. The lowest BCUT2D eigenvalue weighted by molar-refractivity contribution is -0.138. The summed E-state index contributed by atoms with van der Waals surface area (Å²) in [7, 11) is 0. The highest BCUT2D eigenvalue weighted by Gasteiger charge is 2.49. The van der Waals surface area contributed by atoms with E-state index in [1.165, 1.54) is 0 Å². The van der Waals surface area contributed by atoms with Crippen LogP contribution in [-0.4, -0.2) is 29.4 Å². The first kappa shape index (κ1) is 18.9. The van der Waals surface area contributed by atoms with Gasteiger partial charge in [-0.1, -0.05) is 78.9 Å². The molecule has 3 aliphatic rings. The zero-order chi connectivity index (χ0) is 21.5. The molecule has 0 aromatic heterocycles. The minimum absolute atomic E-state index is 0.265. The van der Waals surface area contributed by atoms with E-state index in [1.54, 1.807) is 0 Å². The average Bonchev–Trinajstić information content (AvgIpc) is 3.41. The number of hydrogen-bond donors (Lipinski definition) is 0. The first-order valence-corrected chi connectivity index (χ1v) is 11.1. The maximum atomic E-state index is 13.3. The first-order chi connectivity index (χ1) is 15.8. The standard InChI is InChI=1S/C27H23N3O2/c31-27-23(19-11-4-1-5-12-19)25-26(32-27)24(20-13-6-2-7-14-20)30(21-15-8-3-9-16-21)28-22-17-10-18-29(22)25/h1-9,11-16,24,26H,10,17-18H2/t24-,26+/m0/s1. The third kappa shape index (κ3) is 3.01. The maximum Gasteiger partial charge on any atom is 0.341 e. The molecular weight excluding hydrogens is 398 g/mol. The van der Waals surface area contributed by atoms with E-state index in [0.717, 1.165) is 47.7 Å². The highest BCUT2D eigenvalue weighted by Crippen LogP contribution is 2.45. The molecule has 32 heavy (non-hydrogen) atoms. The molecule has 1 fully saturated rings. The molecule has 0 saturated carbocycles. The van der Waals surface area contributed by atoms with Crippen LogP contribution in [0.5, 0.6) is 0 Å². The summed E-state index contributed by atoms with van der Waals surface area (Å²) in [6, 6.07) is 30.0. The summed E-state index contributed by atoms with van der Waals surface area (Å²) >= 11 is 0. The highest BCUT2D eigenvalue weighted by atomic mass is 16.6. The number of carbonyl (C=O) groups excluding carboxylic acids is 1. The zero-order valence-corrected chi connectivity index (χ0v) is 17.6. The van der Waals surface area contributed by atoms with E-state index in [4.69, 9.17) is 9.84 Å². The summed E-state index contributed by atoms with van der Waals surface area (Å²) in [5.41, 5.74) is 4.52. The van der Waals surface area contributed by atoms with Gasteiger partial charge in [-0.25, -0.2) is 4.79 Å². The van der Waals surface area contributed by atoms with Crippen molar-refractivity contribution in [1.82, 2.24) is 4.90 Å². The summed E-state index contributed by atoms with van der Waals surface area (Å²) in [5.74, 6) is 0.720. The monoisotopic (exact) mass is 421 g/mol. The molecule has 1 saturated heterocycles. The number of benzene rings is 3. The summed E-state index contributed by atoms with van der Waals surface area (Å²) in [5, 5.41) is 7.20. The molecule has 0 N–H and O–H groups in total. The van der Waals surface area contributed by atoms with Crippen molar-refractivity contribution in [1.29, 1.82) is 0 Å². The van der Waals surface area contributed by atoms with Crippen LogP contribution in [0.25, 0.3) is 5.57 Å². The van der Waals surface area contributed by atoms with Gasteiger partial charge in [-0.2, -0.15) is 5.10 Å². The van der Waals surface area contributed by atoms with Gasteiger partial charge in [-0.3, -0.25) is 5.01 Å². The van der Waals surface area contributed by atoms with E-state index in [9.17, 15) is 4.79 Å². The Morgan fingerprint density at radius 2 is 1.50 bits per heavy atom. The first-order valence-electron chi connectivity index (χ1n) is 11.1. The van der Waals surface area contributed by atoms with Gasteiger partial charge in [0.15, 0.2) is 6.10 Å². The van der Waals surface area contributed by atoms with Gasteiger partial charge in [0.05, 0.1) is 17.0 Å². The van der Waals surface area contributed by atoms with Crippen LogP contribution < -0.4 is 5.01 Å². The Kier molecular flexibility index (Phi) is 4.53. The molecule has 0 unspecified atom stereocenters. The highest BCUT2D eigenvalue weighted by molar-refractivity contribution is 6.20. The fourth-order valence-electron chi connectivity index (χ4n) is 4.95. The smallest absolute Gasteiger partial charge is 0.341 e. The fourth-order valence-corrected chi connectivity index (χ4v) is 4.95. The minimum atomic E-state index is -0.459. The van der Waals surface area contributed by atoms with Gasteiger partial charge in [0.1, 0.15) is 11.9 Å². The number of nitrogens with zero attached hydrogens (tertiary/aromatic N) is 3. The van der Waals surface area contributed by atoms with Crippen LogP contribution in [0.3, 0.4) is 0 Å². The SMILES string of the molecule is O=C1O[C@H]2C(=C1c1ccccc1)N1CCCC1=NN(c1ccccc1)[C@H]2c1ccccc1. The van der Waals surface area contributed by atoms with E-state index < -0.39 is 6.10 Å². The minimum Gasteiger partial charge on any atom is -0.450 e. The van der Waals surface area contributed by atoms with Crippen molar-refractivity contribution in [3.63, 3.8) is 0 Å². The van der Waals surface area contributed by atoms with Gasteiger partial charge in [0.25, 0.3) is 0 Å². The molecule has 3 aromatic rings. The Morgan fingerprint density at radius 3 is 2.22 bits per heavy atom. The Balaban J connectivity index is 1.61. The van der Waals surface area contributed by atoms with Crippen molar-refractivity contribution >= 4 is 23.1 Å². The van der Waals surface area contributed by atoms with Gasteiger partial charge in [0, 0.05) is 13.0 Å². The van der Waals surface area contributed by atoms with Gasteiger partial charge in [0.2, 0.25) is 0 Å². The number of hydrogen-bond acceptors (Lipinski definition) is 5. The van der Waals surface area contributed by atoms with Crippen molar-refractivity contribution in [2.45, 2.75) is 25.0 Å². The van der Waals surface area contributed by atoms with E-state index in [2.05, 4.69) is 29.2 Å². The van der Waals surface area contributed by atoms with Crippen LogP contribution in [0.2, 0.25) is 0 Å². The molecule has 3 heterocycles. The van der Waals surface area contributed by atoms with E-state index in [-0.39, 0.29) is 12.0 Å². The average molecular weight is 422 g/mol. The van der Waals surface area contributed by atoms with Gasteiger partial charge < -0.3 is 9.64 Å². The lowest BCUT2D eigenvalue weighted by Crippen LogP contribution is -2.35. The van der Waals surface area contributed by atoms with Crippen LogP contribution in [0.1, 0.15) is 30.0 Å². The lowest BCUT2D eigenvalue weighted by atomic mass is 9.94. The van der Waals surface area contributed by atoms with Crippen LogP contribution >= 0.6 is 0 Å². The van der Waals surface area contributed by atoms with Crippen LogP contribution in [0, 0.1) is 0 Å². The van der Waals surface area contributed by atoms with Gasteiger partial charge in [-0.05, 0) is 29.7 Å². The van der Waals surface area contributed by atoms with Crippen LogP contribution in [-0.2, 0) is 9.53 Å². The van der Waals surface area contributed by atoms with Crippen molar-refractivity contribution < 1.29 is 9.53 Å². The number of esters is 1. The molecule has 3 aromatic carbocycles. The Morgan fingerprint density at radius 1 is 0.844 bits per heavy atom. The molecule has 0 aliphatic carbocycles. The third-order valence-corrected chi connectivity index (χ3v) is 6.35. The quantitative estimate of drug-likeness (QED) is 0.559. The summed E-state index contributed by atoms with van der Waals surface area (Å²) in [4.78, 5) is 15.5. The molecule has 0 spiro atoms. The maximum absolute atomic E-state index is 13.3. The molecule has 0 radical (unpaired) electrons.